The highest BCUT2D eigenvalue weighted by Crippen LogP contribution is 2.19. The predicted octanol–water partition coefficient (Wildman–Crippen LogP) is 6.64. The quantitative estimate of drug-likeness (QED) is 0.310. The molecule has 0 amide bonds. The van der Waals surface area contributed by atoms with Gasteiger partial charge >= 0.3 is 12.1 Å². The van der Waals surface area contributed by atoms with Gasteiger partial charge in [0.25, 0.3) is 0 Å². The fourth-order valence-corrected chi connectivity index (χ4v) is 3.53. The van der Waals surface area contributed by atoms with Crippen LogP contribution < -0.4 is 0 Å². The second-order valence-electron chi connectivity index (χ2n) is 8.05. The first-order valence-corrected chi connectivity index (χ1v) is 10.9. The monoisotopic (exact) mass is 406 g/mol. The number of hydrogen-bond acceptors (Lipinski definition) is 6. The number of carbonyl (C=O) groups is 2. The molecule has 29 heavy (non-hydrogen) atoms. The first-order valence-electron chi connectivity index (χ1n) is 10.9. The van der Waals surface area contributed by atoms with Gasteiger partial charge < -0.3 is 4.74 Å². The maximum absolute atomic E-state index is 11.9. The molecule has 0 saturated heterocycles. The van der Waals surface area contributed by atoms with Gasteiger partial charge in [-0.2, -0.15) is 0 Å². The molecule has 0 aromatic heterocycles. The van der Waals surface area contributed by atoms with Gasteiger partial charge in [0.1, 0.15) is 6.10 Å². The molecule has 0 N–H and O–H groups in total. The van der Waals surface area contributed by atoms with Crippen molar-refractivity contribution in [3.8, 4) is 0 Å². The summed E-state index contributed by atoms with van der Waals surface area (Å²) in [6.07, 6.45) is 11.2. The minimum Gasteiger partial charge on any atom is -0.429 e. The second kappa shape index (κ2) is 13.2. The Morgan fingerprint density at radius 3 is 1.83 bits per heavy atom. The van der Waals surface area contributed by atoms with Gasteiger partial charge in [-0.05, 0) is 49.3 Å². The van der Waals surface area contributed by atoms with Crippen LogP contribution in [0.3, 0.4) is 0 Å². The molecule has 162 valence electrons. The molecule has 0 heterocycles. The van der Waals surface area contributed by atoms with E-state index in [1.165, 1.54) is 32.1 Å². The molecule has 0 spiro atoms. The van der Waals surface area contributed by atoms with Crippen LogP contribution in [0, 0.1) is 0 Å². The lowest BCUT2D eigenvalue weighted by Gasteiger charge is -2.17. The third-order valence-corrected chi connectivity index (χ3v) is 5.34. The summed E-state index contributed by atoms with van der Waals surface area (Å²) in [5.74, 6) is -0.371. The van der Waals surface area contributed by atoms with Gasteiger partial charge in [0.15, 0.2) is 0 Å². The number of ether oxygens (including phenoxy) is 1. The van der Waals surface area contributed by atoms with Gasteiger partial charge in [-0.3, -0.25) is 4.89 Å². The molecule has 0 bridgehead atoms. The Labute approximate surface area is 173 Å². The van der Waals surface area contributed by atoms with Gasteiger partial charge in [-0.25, -0.2) is 14.5 Å². The van der Waals surface area contributed by atoms with E-state index in [0.29, 0.717) is 11.5 Å². The van der Waals surface area contributed by atoms with E-state index in [-0.39, 0.29) is 6.10 Å². The number of rotatable bonds is 5. The maximum Gasteiger partial charge on any atom is 0.543 e. The molecule has 6 nitrogen and oxygen atoms in total. The Balaban J connectivity index is 1.70. The minimum atomic E-state index is -0.981. The Bertz CT molecular complexity index is 598. The highest BCUT2D eigenvalue weighted by atomic mass is 17.5. The van der Waals surface area contributed by atoms with Crippen molar-refractivity contribution in [1.29, 1.82) is 0 Å². The van der Waals surface area contributed by atoms with Crippen molar-refractivity contribution >= 4 is 12.1 Å². The van der Waals surface area contributed by atoms with E-state index in [1.54, 1.807) is 12.1 Å². The molecule has 0 unspecified atom stereocenters. The first kappa shape index (κ1) is 23.2. The average molecular weight is 407 g/mol. The van der Waals surface area contributed by atoms with Crippen LogP contribution in [0.15, 0.2) is 24.3 Å². The van der Waals surface area contributed by atoms with E-state index in [2.05, 4.69) is 28.7 Å². The SMILES string of the molecule is CC(C)c1ccc(C(=O)OOOC(=O)OC2CCCCCCCCCCC2)cc1. The number of hydrogen-bond donors (Lipinski definition) is 0. The van der Waals surface area contributed by atoms with Crippen molar-refractivity contribution in [2.24, 2.45) is 0 Å². The molecule has 0 atom stereocenters. The van der Waals surface area contributed by atoms with Crippen LogP contribution in [0.2, 0.25) is 0 Å². The van der Waals surface area contributed by atoms with E-state index in [4.69, 9.17) is 4.74 Å². The molecule has 1 fully saturated rings. The van der Waals surface area contributed by atoms with Crippen molar-refractivity contribution in [2.75, 3.05) is 0 Å². The minimum absolute atomic E-state index is 0.190. The summed E-state index contributed by atoms with van der Waals surface area (Å²) in [5, 5.41) is 4.34. The first-order chi connectivity index (χ1) is 14.1. The van der Waals surface area contributed by atoms with Gasteiger partial charge in [0.05, 0.1) is 10.6 Å². The Morgan fingerprint density at radius 2 is 1.31 bits per heavy atom. The zero-order chi connectivity index (χ0) is 20.9. The molecular formula is C23H34O6. The lowest BCUT2D eigenvalue weighted by molar-refractivity contribution is -0.453. The molecule has 1 saturated carbocycles. The molecule has 1 aliphatic rings. The zero-order valence-corrected chi connectivity index (χ0v) is 17.7. The standard InChI is InChI=1S/C23H34O6/c1-18(2)19-14-16-20(17-15-19)22(24)27-29-28-23(25)26-21-12-10-8-6-4-3-5-7-9-11-13-21/h14-18,21H,3-13H2,1-2H3. The number of benzene rings is 1. The predicted molar refractivity (Wildman–Crippen MR) is 109 cm³/mol. The summed E-state index contributed by atoms with van der Waals surface area (Å²) >= 11 is 0. The zero-order valence-electron chi connectivity index (χ0n) is 17.7. The highest BCUT2D eigenvalue weighted by Gasteiger charge is 2.18. The summed E-state index contributed by atoms with van der Waals surface area (Å²) in [5.41, 5.74) is 1.42. The van der Waals surface area contributed by atoms with Crippen molar-refractivity contribution in [3.63, 3.8) is 0 Å². The third kappa shape index (κ3) is 9.31. The van der Waals surface area contributed by atoms with Crippen molar-refractivity contribution < 1.29 is 29.1 Å². The van der Waals surface area contributed by atoms with Crippen LogP contribution in [-0.2, 0) is 19.6 Å². The molecule has 1 aromatic rings. The molecule has 0 radical (unpaired) electrons. The average Bonchev–Trinajstić information content (AvgIpc) is 2.70. The van der Waals surface area contributed by atoms with Crippen LogP contribution >= 0.6 is 0 Å². The van der Waals surface area contributed by atoms with Crippen LogP contribution in [-0.4, -0.2) is 18.2 Å². The molecule has 2 rings (SSSR count). The van der Waals surface area contributed by atoms with Crippen molar-refractivity contribution in [2.45, 2.75) is 96.5 Å². The fraction of sp³-hybridized carbons (Fsp3) is 0.652. The second-order valence-corrected chi connectivity index (χ2v) is 8.05. The molecule has 0 aliphatic heterocycles. The maximum atomic E-state index is 11.9. The Kier molecular flexibility index (Phi) is 10.6. The van der Waals surface area contributed by atoms with E-state index in [9.17, 15) is 9.59 Å². The lowest BCUT2D eigenvalue weighted by atomic mass is 9.99. The smallest absolute Gasteiger partial charge is 0.429 e. The summed E-state index contributed by atoms with van der Waals surface area (Å²) in [6, 6.07) is 6.98. The molecule has 6 heteroatoms. The number of carbonyl (C=O) groups excluding carboxylic acids is 2. The third-order valence-electron chi connectivity index (χ3n) is 5.34. The van der Waals surface area contributed by atoms with E-state index in [1.807, 2.05) is 12.1 Å². The van der Waals surface area contributed by atoms with E-state index >= 15 is 0 Å². The Hall–Kier alpha value is -2.08. The van der Waals surface area contributed by atoms with Gasteiger partial charge in [0, 0.05) is 0 Å². The lowest BCUT2D eigenvalue weighted by Crippen LogP contribution is -2.20. The fourth-order valence-electron chi connectivity index (χ4n) is 3.53. The topological polar surface area (TPSA) is 71.1 Å². The van der Waals surface area contributed by atoms with E-state index < -0.39 is 12.1 Å². The molecule has 1 aromatic carbocycles. The van der Waals surface area contributed by atoms with Gasteiger partial charge in [0.2, 0.25) is 0 Å². The van der Waals surface area contributed by atoms with Gasteiger partial charge in [-0.1, -0.05) is 70.9 Å². The molecule has 1 aliphatic carbocycles. The summed E-state index contributed by atoms with van der Waals surface area (Å²) in [4.78, 5) is 32.8. The van der Waals surface area contributed by atoms with Crippen molar-refractivity contribution in [3.05, 3.63) is 35.4 Å². The van der Waals surface area contributed by atoms with Gasteiger partial charge in [-0.15, -0.1) is 0 Å². The van der Waals surface area contributed by atoms with Crippen LogP contribution in [0.4, 0.5) is 4.79 Å². The summed E-state index contributed by atoms with van der Waals surface area (Å²) in [6.45, 7) is 4.14. The largest absolute Gasteiger partial charge is 0.543 e. The normalized spacial score (nSPS) is 17.1. The van der Waals surface area contributed by atoms with Crippen LogP contribution in [0.5, 0.6) is 0 Å². The van der Waals surface area contributed by atoms with Crippen LogP contribution in [0.1, 0.15) is 106 Å². The Morgan fingerprint density at radius 1 is 0.793 bits per heavy atom. The summed E-state index contributed by atoms with van der Waals surface area (Å²) < 4.78 is 5.35. The molecular weight excluding hydrogens is 372 g/mol. The van der Waals surface area contributed by atoms with E-state index in [0.717, 1.165) is 44.1 Å². The van der Waals surface area contributed by atoms with Crippen molar-refractivity contribution in [1.82, 2.24) is 0 Å². The summed E-state index contributed by atoms with van der Waals surface area (Å²) in [7, 11) is 0. The highest BCUT2D eigenvalue weighted by molar-refractivity contribution is 5.88. The van der Waals surface area contributed by atoms with Crippen LogP contribution in [0.25, 0.3) is 0 Å².